The van der Waals surface area contributed by atoms with E-state index in [0.29, 0.717) is 6.04 Å². The minimum Gasteiger partial charge on any atom is -0.369 e. The van der Waals surface area contributed by atoms with E-state index in [1.54, 1.807) is 0 Å². The van der Waals surface area contributed by atoms with Crippen molar-refractivity contribution in [2.75, 3.05) is 24.5 Å². The van der Waals surface area contributed by atoms with Gasteiger partial charge in [0.1, 0.15) is 0 Å². The first-order chi connectivity index (χ1) is 7.29. The van der Waals surface area contributed by atoms with Crippen LogP contribution in [-0.2, 0) is 0 Å². The number of rotatable bonds is 2. The van der Waals surface area contributed by atoms with Gasteiger partial charge in [0.25, 0.3) is 0 Å². The van der Waals surface area contributed by atoms with Crippen LogP contribution in [0.3, 0.4) is 0 Å². The molecule has 0 saturated carbocycles. The Labute approximate surface area is 99.8 Å². The van der Waals surface area contributed by atoms with Crippen LogP contribution >= 0.6 is 15.9 Å². The molecular weight excluding hydrogens is 252 g/mol. The predicted octanol–water partition coefficient (Wildman–Crippen LogP) is 2.64. The van der Waals surface area contributed by atoms with E-state index in [-0.39, 0.29) is 0 Å². The third-order valence-electron chi connectivity index (χ3n) is 2.94. The van der Waals surface area contributed by atoms with E-state index in [2.05, 4.69) is 57.3 Å². The molecule has 1 heterocycles. The van der Waals surface area contributed by atoms with Crippen LogP contribution < -0.4 is 10.2 Å². The van der Waals surface area contributed by atoms with Gasteiger partial charge in [-0.2, -0.15) is 0 Å². The number of hydrogen-bond donors (Lipinski definition) is 1. The topological polar surface area (TPSA) is 15.3 Å². The SMILES string of the molecule is CCC1CN(c2ccc(Br)cc2)CCN1. The summed E-state index contributed by atoms with van der Waals surface area (Å²) >= 11 is 3.46. The summed E-state index contributed by atoms with van der Waals surface area (Å²) < 4.78 is 1.15. The average molecular weight is 269 g/mol. The second-order valence-electron chi connectivity index (χ2n) is 3.98. The van der Waals surface area contributed by atoms with Gasteiger partial charge < -0.3 is 10.2 Å². The van der Waals surface area contributed by atoms with Gasteiger partial charge in [-0.05, 0) is 30.7 Å². The van der Waals surface area contributed by atoms with Crippen molar-refractivity contribution in [3.63, 3.8) is 0 Å². The maximum absolute atomic E-state index is 3.53. The van der Waals surface area contributed by atoms with Crippen LogP contribution in [0.15, 0.2) is 28.7 Å². The summed E-state index contributed by atoms with van der Waals surface area (Å²) in [6, 6.07) is 9.23. The normalized spacial score (nSPS) is 21.7. The van der Waals surface area contributed by atoms with Gasteiger partial charge in [0.2, 0.25) is 0 Å². The number of halogens is 1. The van der Waals surface area contributed by atoms with Crippen LogP contribution in [-0.4, -0.2) is 25.7 Å². The van der Waals surface area contributed by atoms with Crippen molar-refractivity contribution in [3.8, 4) is 0 Å². The van der Waals surface area contributed by atoms with E-state index in [0.717, 1.165) is 24.1 Å². The molecule has 0 spiro atoms. The Balaban J connectivity index is 2.06. The van der Waals surface area contributed by atoms with Crippen molar-refractivity contribution >= 4 is 21.6 Å². The summed E-state index contributed by atoms with van der Waals surface area (Å²) in [6.45, 7) is 5.56. The molecule has 82 valence electrons. The molecule has 0 aliphatic carbocycles. The molecule has 1 aliphatic heterocycles. The Kier molecular flexibility index (Phi) is 3.65. The standard InChI is InChI=1S/C12H17BrN2/c1-2-11-9-15(8-7-14-11)12-5-3-10(13)4-6-12/h3-6,11,14H,2,7-9H2,1H3. The minimum atomic E-state index is 0.641. The molecule has 1 aliphatic rings. The minimum absolute atomic E-state index is 0.641. The molecule has 0 amide bonds. The molecule has 1 atom stereocenters. The first-order valence-corrected chi connectivity index (χ1v) is 6.33. The lowest BCUT2D eigenvalue weighted by molar-refractivity contribution is 0.447. The Bertz CT molecular complexity index is 310. The summed E-state index contributed by atoms with van der Waals surface area (Å²) in [5.74, 6) is 0. The Hall–Kier alpha value is -0.540. The molecule has 15 heavy (non-hydrogen) atoms. The van der Waals surface area contributed by atoms with Crippen LogP contribution in [0, 0.1) is 0 Å². The Morgan fingerprint density at radius 2 is 2.13 bits per heavy atom. The number of nitrogens with zero attached hydrogens (tertiary/aromatic N) is 1. The van der Waals surface area contributed by atoms with E-state index in [4.69, 9.17) is 0 Å². The first-order valence-electron chi connectivity index (χ1n) is 5.53. The third-order valence-corrected chi connectivity index (χ3v) is 3.47. The van der Waals surface area contributed by atoms with E-state index in [1.165, 1.54) is 12.1 Å². The summed E-state index contributed by atoms with van der Waals surface area (Å²) in [5, 5.41) is 3.53. The largest absolute Gasteiger partial charge is 0.369 e. The van der Waals surface area contributed by atoms with E-state index < -0.39 is 0 Å². The monoisotopic (exact) mass is 268 g/mol. The number of benzene rings is 1. The van der Waals surface area contributed by atoms with Crippen LogP contribution in [0.5, 0.6) is 0 Å². The molecule has 1 saturated heterocycles. The number of hydrogen-bond acceptors (Lipinski definition) is 2. The first kappa shape index (κ1) is 11.0. The van der Waals surface area contributed by atoms with Crippen molar-refractivity contribution in [2.24, 2.45) is 0 Å². The zero-order chi connectivity index (χ0) is 10.7. The second kappa shape index (κ2) is 4.99. The molecule has 1 N–H and O–H groups in total. The summed E-state index contributed by atoms with van der Waals surface area (Å²) in [5.41, 5.74) is 1.33. The molecule has 1 fully saturated rings. The van der Waals surface area contributed by atoms with Gasteiger partial charge in [0.05, 0.1) is 0 Å². The number of nitrogens with one attached hydrogen (secondary N) is 1. The summed E-state index contributed by atoms with van der Waals surface area (Å²) in [4.78, 5) is 2.46. The second-order valence-corrected chi connectivity index (χ2v) is 4.90. The zero-order valence-electron chi connectivity index (χ0n) is 9.04. The highest BCUT2D eigenvalue weighted by Gasteiger charge is 2.17. The number of piperazine rings is 1. The smallest absolute Gasteiger partial charge is 0.0367 e. The van der Waals surface area contributed by atoms with E-state index in [9.17, 15) is 0 Å². The van der Waals surface area contributed by atoms with Gasteiger partial charge >= 0.3 is 0 Å². The molecule has 1 aromatic rings. The summed E-state index contributed by atoms with van der Waals surface area (Å²) in [7, 11) is 0. The quantitative estimate of drug-likeness (QED) is 0.888. The maximum Gasteiger partial charge on any atom is 0.0367 e. The Morgan fingerprint density at radius 3 is 2.80 bits per heavy atom. The zero-order valence-corrected chi connectivity index (χ0v) is 10.6. The van der Waals surface area contributed by atoms with Crippen LogP contribution in [0.1, 0.15) is 13.3 Å². The molecule has 3 heteroatoms. The van der Waals surface area contributed by atoms with E-state index in [1.807, 2.05) is 0 Å². The van der Waals surface area contributed by atoms with E-state index >= 15 is 0 Å². The highest BCUT2D eigenvalue weighted by atomic mass is 79.9. The van der Waals surface area contributed by atoms with Crippen molar-refractivity contribution in [1.82, 2.24) is 5.32 Å². The molecule has 0 radical (unpaired) electrons. The summed E-state index contributed by atoms with van der Waals surface area (Å²) in [6.07, 6.45) is 1.20. The highest BCUT2D eigenvalue weighted by molar-refractivity contribution is 9.10. The van der Waals surface area contributed by atoms with Crippen molar-refractivity contribution < 1.29 is 0 Å². The Morgan fingerprint density at radius 1 is 1.40 bits per heavy atom. The van der Waals surface area contributed by atoms with Crippen LogP contribution in [0.4, 0.5) is 5.69 Å². The lowest BCUT2D eigenvalue weighted by Gasteiger charge is -2.34. The number of anilines is 1. The van der Waals surface area contributed by atoms with Crippen LogP contribution in [0.2, 0.25) is 0 Å². The van der Waals surface area contributed by atoms with Gasteiger partial charge in [0, 0.05) is 35.8 Å². The maximum atomic E-state index is 3.53. The molecule has 2 nitrogen and oxygen atoms in total. The highest BCUT2D eigenvalue weighted by Crippen LogP contribution is 2.19. The molecule has 0 bridgehead atoms. The molecular formula is C12H17BrN2. The van der Waals surface area contributed by atoms with Crippen molar-refractivity contribution in [1.29, 1.82) is 0 Å². The predicted molar refractivity (Wildman–Crippen MR) is 68.4 cm³/mol. The fourth-order valence-corrected chi connectivity index (χ4v) is 2.25. The molecule has 1 aromatic carbocycles. The van der Waals surface area contributed by atoms with Crippen molar-refractivity contribution in [2.45, 2.75) is 19.4 Å². The molecule has 2 rings (SSSR count). The molecule has 0 aromatic heterocycles. The fraction of sp³-hybridized carbons (Fsp3) is 0.500. The average Bonchev–Trinajstić information content (AvgIpc) is 2.30. The lowest BCUT2D eigenvalue weighted by atomic mass is 10.1. The molecule has 1 unspecified atom stereocenters. The third kappa shape index (κ3) is 2.73. The van der Waals surface area contributed by atoms with Crippen LogP contribution in [0.25, 0.3) is 0 Å². The van der Waals surface area contributed by atoms with Gasteiger partial charge in [0.15, 0.2) is 0 Å². The van der Waals surface area contributed by atoms with Crippen molar-refractivity contribution in [3.05, 3.63) is 28.7 Å². The van der Waals surface area contributed by atoms with Gasteiger partial charge in [-0.15, -0.1) is 0 Å². The fourth-order valence-electron chi connectivity index (χ4n) is 1.99. The lowest BCUT2D eigenvalue weighted by Crippen LogP contribution is -2.50. The van der Waals surface area contributed by atoms with Gasteiger partial charge in [-0.3, -0.25) is 0 Å². The van der Waals surface area contributed by atoms with Gasteiger partial charge in [-0.1, -0.05) is 22.9 Å². The van der Waals surface area contributed by atoms with Gasteiger partial charge in [-0.25, -0.2) is 0 Å².